The van der Waals surface area contributed by atoms with Crippen LogP contribution in [0.4, 0.5) is 0 Å². The van der Waals surface area contributed by atoms with E-state index in [1.807, 2.05) is 6.92 Å². The summed E-state index contributed by atoms with van der Waals surface area (Å²) in [6, 6.07) is 0. The van der Waals surface area contributed by atoms with Crippen LogP contribution in [0.5, 0.6) is 0 Å². The average Bonchev–Trinajstić information content (AvgIpc) is 2.03. The van der Waals surface area contributed by atoms with Crippen LogP contribution in [0, 0.1) is 11.8 Å². The molecule has 12 heavy (non-hydrogen) atoms. The Bertz CT molecular complexity index is 158. The number of hydrogen-bond acceptors (Lipinski definition) is 1. The summed E-state index contributed by atoms with van der Waals surface area (Å²) in [7, 11) is 0. The lowest BCUT2D eigenvalue weighted by atomic mass is 10.0. The molecule has 0 aromatic carbocycles. The highest BCUT2D eigenvalue weighted by molar-refractivity contribution is 5.77. The molecule has 0 amide bonds. The van der Waals surface area contributed by atoms with Crippen molar-refractivity contribution in [3.05, 3.63) is 12.2 Å². The zero-order valence-corrected chi connectivity index (χ0v) is 8.63. The molecule has 0 aliphatic heterocycles. The molecule has 70 valence electrons. The highest BCUT2D eigenvalue weighted by Gasteiger charge is 2.03. The highest BCUT2D eigenvalue weighted by Crippen LogP contribution is 2.07. The molecule has 0 aromatic heterocycles. The van der Waals surface area contributed by atoms with E-state index in [9.17, 15) is 4.79 Å². The van der Waals surface area contributed by atoms with Crippen molar-refractivity contribution in [2.75, 3.05) is 0 Å². The smallest absolute Gasteiger partial charge is 0.132 e. The van der Waals surface area contributed by atoms with Gasteiger partial charge in [-0.25, -0.2) is 0 Å². The van der Waals surface area contributed by atoms with Crippen LogP contribution in [0.2, 0.25) is 0 Å². The molecule has 0 radical (unpaired) electrons. The van der Waals surface area contributed by atoms with Crippen LogP contribution < -0.4 is 0 Å². The molecule has 0 saturated heterocycles. The molecule has 0 fully saturated rings. The van der Waals surface area contributed by atoms with Gasteiger partial charge in [-0.05, 0) is 19.3 Å². The Kier molecular flexibility index (Phi) is 5.69. The van der Waals surface area contributed by atoms with Gasteiger partial charge in [0.15, 0.2) is 0 Å². The largest absolute Gasteiger partial charge is 0.300 e. The second kappa shape index (κ2) is 5.99. The van der Waals surface area contributed by atoms with Crippen LogP contribution >= 0.6 is 0 Å². The van der Waals surface area contributed by atoms with Crippen molar-refractivity contribution in [1.29, 1.82) is 0 Å². The standard InChI is InChI=1S/C11H20O/c1-5-9(2)7-6-8-10(3)11(4)12/h6-7,9-10H,5,8H2,1-4H3. The SMILES string of the molecule is CCC(C)C=CCC(C)C(C)=O. The second-order valence-corrected chi connectivity index (χ2v) is 3.56. The van der Waals surface area contributed by atoms with Crippen molar-refractivity contribution in [2.45, 2.75) is 40.5 Å². The minimum absolute atomic E-state index is 0.185. The lowest BCUT2D eigenvalue weighted by Gasteiger charge is -2.03. The lowest BCUT2D eigenvalue weighted by molar-refractivity contribution is -0.120. The number of hydrogen-bond donors (Lipinski definition) is 0. The molecule has 0 heterocycles. The Balaban J connectivity index is 3.67. The minimum Gasteiger partial charge on any atom is -0.300 e. The van der Waals surface area contributed by atoms with E-state index in [4.69, 9.17) is 0 Å². The summed E-state index contributed by atoms with van der Waals surface area (Å²) in [5.41, 5.74) is 0. The maximum Gasteiger partial charge on any atom is 0.132 e. The molecule has 0 aliphatic carbocycles. The zero-order chi connectivity index (χ0) is 9.56. The summed E-state index contributed by atoms with van der Waals surface area (Å²) in [6.07, 6.45) is 6.38. The summed E-state index contributed by atoms with van der Waals surface area (Å²) in [5.74, 6) is 1.11. The average molecular weight is 168 g/mol. The minimum atomic E-state index is 0.185. The third kappa shape index (κ3) is 5.11. The first-order chi connectivity index (χ1) is 5.57. The van der Waals surface area contributed by atoms with E-state index >= 15 is 0 Å². The van der Waals surface area contributed by atoms with Crippen molar-refractivity contribution < 1.29 is 4.79 Å². The molecule has 1 heteroatoms. The van der Waals surface area contributed by atoms with Crippen LogP contribution in [0.15, 0.2) is 12.2 Å². The van der Waals surface area contributed by atoms with Gasteiger partial charge in [-0.3, -0.25) is 4.79 Å². The third-order valence-electron chi connectivity index (χ3n) is 2.29. The van der Waals surface area contributed by atoms with Crippen LogP contribution in [-0.2, 0) is 4.79 Å². The Morgan fingerprint density at radius 1 is 1.42 bits per heavy atom. The monoisotopic (exact) mass is 168 g/mol. The van der Waals surface area contributed by atoms with Gasteiger partial charge in [-0.15, -0.1) is 0 Å². The highest BCUT2D eigenvalue weighted by atomic mass is 16.1. The van der Waals surface area contributed by atoms with E-state index in [0.717, 1.165) is 6.42 Å². The molecular weight excluding hydrogens is 148 g/mol. The van der Waals surface area contributed by atoms with Gasteiger partial charge in [0.1, 0.15) is 5.78 Å². The normalized spacial score (nSPS) is 16.3. The number of carbonyl (C=O) groups excluding carboxylic acids is 1. The summed E-state index contributed by atoms with van der Waals surface area (Å²) in [6.45, 7) is 7.99. The van der Waals surface area contributed by atoms with Gasteiger partial charge in [-0.2, -0.15) is 0 Å². The van der Waals surface area contributed by atoms with Gasteiger partial charge in [0.25, 0.3) is 0 Å². The third-order valence-corrected chi connectivity index (χ3v) is 2.29. The maximum absolute atomic E-state index is 10.9. The number of rotatable bonds is 5. The molecule has 2 unspecified atom stereocenters. The van der Waals surface area contributed by atoms with Gasteiger partial charge in [-0.1, -0.05) is 39.3 Å². The lowest BCUT2D eigenvalue weighted by Crippen LogP contribution is -2.04. The van der Waals surface area contributed by atoms with Crippen LogP contribution in [-0.4, -0.2) is 5.78 Å². The van der Waals surface area contributed by atoms with Crippen LogP contribution in [0.25, 0.3) is 0 Å². The first kappa shape index (κ1) is 11.4. The van der Waals surface area contributed by atoms with Crippen molar-refractivity contribution in [2.24, 2.45) is 11.8 Å². The zero-order valence-electron chi connectivity index (χ0n) is 8.63. The van der Waals surface area contributed by atoms with Gasteiger partial charge in [0.05, 0.1) is 0 Å². The Morgan fingerprint density at radius 3 is 2.42 bits per heavy atom. The summed E-state index contributed by atoms with van der Waals surface area (Å²) >= 11 is 0. The molecule has 2 atom stereocenters. The van der Waals surface area contributed by atoms with Crippen molar-refractivity contribution in [1.82, 2.24) is 0 Å². The molecule has 0 aliphatic rings. The van der Waals surface area contributed by atoms with Gasteiger partial charge in [0.2, 0.25) is 0 Å². The Morgan fingerprint density at radius 2 is 2.00 bits per heavy atom. The molecule has 0 bridgehead atoms. The van der Waals surface area contributed by atoms with E-state index in [1.54, 1.807) is 6.92 Å². The van der Waals surface area contributed by atoms with Crippen LogP contribution in [0.1, 0.15) is 40.5 Å². The molecule has 0 aromatic rings. The fraction of sp³-hybridized carbons (Fsp3) is 0.727. The fourth-order valence-electron chi connectivity index (χ4n) is 0.817. The van der Waals surface area contributed by atoms with Crippen molar-refractivity contribution in [3.63, 3.8) is 0 Å². The fourth-order valence-corrected chi connectivity index (χ4v) is 0.817. The summed E-state index contributed by atoms with van der Waals surface area (Å²) in [5, 5.41) is 0. The topological polar surface area (TPSA) is 17.1 Å². The maximum atomic E-state index is 10.9. The van der Waals surface area contributed by atoms with Gasteiger partial charge >= 0.3 is 0 Å². The molecule has 1 nitrogen and oxygen atoms in total. The number of allylic oxidation sites excluding steroid dienone is 2. The van der Waals surface area contributed by atoms with E-state index in [1.165, 1.54) is 6.42 Å². The molecule has 0 N–H and O–H groups in total. The molecule has 0 saturated carbocycles. The van der Waals surface area contributed by atoms with E-state index in [2.05, 4.69) is 26.0 Å². The molecular formula is C11H20O. The Labute approximate surface area is 75.9 Å². The van der Waals surface area contributed by atoms with E-state index in [0.29, 0.717) is 5.92 Å². The number of carbonyl (C=O) groups is 1. The van der Waals surface area contributed by atoms with E-state index < -0.39 is 0 Å². The van der Waals surface area contributed by atoms with Gasteiger partial charge < -0.3 is 0 Å². The predicted molar refractivity (Wildman–Crippen MR) is 53.1 cm³/mol. The van der Waals surface area contributed by atoms with Crippen molar-refractivity contribution >= 4 is 5.78 Å². The summed E-state index contributed by atoms with van der Waals surface area (Å²) in [4.78, 5) is 10.9. The second-order valence-electron chi connectivity index (χ2n) is 3.56. The number of Topliss-reactive ketones (excluding diaryl/α,β-unsaturated/α-hetero) is 1. The molecule has 0 rings (SSSR count). The Hall–Kier alpha value is -0.590. The van der Waals surface area contributed by atoms with E-state index in [-0.39, 0.29) is 11.7 Å². The predicted octanol–water partition coefficient (Wildman–Crippen LogP) is 3.20. The van der Waals surface area contributed by atoms with Gasteiger partial charge in [0, 0.05) is 5.92 Å². The first-order valence-corrected chi connectivity index (χ1v) is 4.75. The van der Waals surface area contributed by atoms with Crippen LogP contribution in [0.3, 0.4) is 0 Å². The van der Waals surface area contributed by atoms with Crippen molar-refractivity contribution in [3.8, 4) is 0 Å². The molecule has 0 spiro atoms. The number of ketones is 1. The summed E-state index contributed by atoms with van der Waals surface area (Å²) < 4.78 is 0. The quantitative estimate of drug-likeness (QED) is 0.576. The first-order valence-electron chi connectivity index (χ1n) is 4.75.